The highest BCUT2D eigenvalue weighted by atomic mass is 79.9. The Morgan fingerprint density at radius 3 is 2.69 bits per heavy atom. The highest BCUT2D eigenvalue weighted by Gasteiger charge is 2.17. The predicted molar refractivity (Wildman–Crippen MR) is 68.1 cm³/mol. The van der Waals surface area contributed by atoms with Gasteiger partial charge in [-0.1, -0.05) is 30.3 Å². The van der Waals surface area contributed by atoms with Crippen LogP contribution in [-0.2, 0) is 11.3 Å². The second kappa shape index (κ2) is 5.30. The molecule has 0 aromatic heterocycles. The van der Waals surface area contributed by atoms with E-state index in [2.05, 4.69) is 33.4 Å². The monoisotopic (exact) mass is 279 g/mol. The fourth-order valence-corrected chi connectivity index (χ4v) is 2.32. The molecular weight excluding hydrogens is 266 g/mol. The third-order valence-corrected chi connectivity index (χ3v) is 3.61. The molecule has 3 heteroatoms. The van der Waals surface area contributed by atoms with E-state index >= 15 is 0 Å². The number of carbonyl (C=O) groups is 1. The molecule has 84 valence electrons. The van der Waals surface area contributed by atoms with Gasteiger partial charge in [0.1, 0.15) is 0 Å². The number of hydrogen-bond donors (Lipinski definition) is 1. The fourth-order valence-electron chi connectivity index (χ4n) is 1.78. The topological polar surface area (TPSA) is 29.1 Å². The van der Waals surface area contributed by atoms with E-state index in [4.69, 9.17) is 0 Å². The van der Waals surface area contributed by atoms with E-state index in [1.165, 1.54) is 5.56 Å². The van der Waals surface area contributed by atoms with Crippen LogP contribution in [0.2, 0.25) is 0 Å². The summed E-state index contributed by atoms with van der Waals surface area (Å²) in [7, 11) is 0. The van der Waals surface area contributed by atoms with Gasteiger partial charge in [0.2, 0.25) is 0 Å². The quantitative estimate of drug-likeness (QED) is 0.921. The third-order valence-electron chi connectivity index (χ3n) is 2.69. The van der Waals surface area contributed by atoms with Crippen LogP contribution in [0.25, 0.3) is 0 Å². The van der Waals surface area contributed by atoms with Crippen LogP contribution in [0, 0.1) is 0 Å². The van der Waals surface area contributed by atoms with Gasteiger partial charge in [0.25, 0.3) is 0 Å². The van der Waals surface area contributed by atoms with Crippen molar-refractivity contribution in [2.45, 2.75) is 25.8 Å². The molecule has 1 aromatic carbocycles. The Balaban J connectivity index is 2.00. The van der Waals surface area contributed by atoms with Crippen molar-refractivity contribution in [3.63, 3.8) is 0 Å². The molecule has 0 fully saturated rings. The average Bonchev–Trinajstić information content (AvgIpc) is 2.32. The summed E-state index contributed by atoms with van der Waals surface area (Å²) >= 11 is 3.36. The van der Waals surface area contributed by atoms with Crippen molar-refractivity contribution >= 4 is 21.7 Å². The fraction of sp³-hybridized carbons (Fsp3) is 0.308. The predicted octanol–water partition coefficient (Wildman–Crippen LogP) is 3.14. The van der Waals surface area contributed by atoms with Crippen LogP contribution in [0.5, 0.6) is 0 Å². The zero-order chi connectivity index (χ0) is 11.4. The number of allylic oxidation sites excluding steroid dienone is 2. The second-order valence-corrected chi connectivity index (χ2v) is 4.70. The van der Waals surface area contributed by atoms with Crippen molar-refractivity contribution in [1.29, 1.82) is 0 Å². The average molecular weight is 280 g/mol. The Hall–Kier alpha value is -1.09. The summed E-state index contributed by atoms with van der Waals surface area (Å²) in [5, 5.41) is 3.33. The van der Waals surface area contributed by atoms with E-state index < -0.39 is 0 Å². The SMILES string of the molecule is O=C1CCCC(NCc2ccccc2)=C1Br. The van der Waals surface area contributed by atoms with Crippen LogP contribution in [0.1, 0.15) is 24.8 Å². The first-order chi connectivity index (χ1) is 7.77. The third kappa shape index (κ3) is 2.73. The lowest BCUT2D eigenvalue weighted by atomic mass is 10.0. The molecule has 0 atom stereocenters. The van der Waals surface area contributed by atoms with E-state index in [1.54, 1.807) is 0 Å². The molecule has 0 saturated carbocycles. The molecular formula is C13H14BrNO. The maximum Gasteiger partial charge on any atom is 0.171 e. The van der Waals surface area contributed by atoms with E-state index in [1.807, 2.05) is 18.2 Å². The Kier molecular flexibility index (Phi) is 3.78. The van der Waals surface area contributed by atoms with Crippen molar-refractivity contribution in [3.8, 4) is 0 Å². The summed E-state index contributed by atoms with van der Waals surface area (Å²) < 4.78 is 0.731. The summed E-state index contributed by atoms with van der Waals surface area (Å²) in [6.07, 6.45) is 2.57. The highest BCUT2D eigenvalue weighted by molar-refractivity contribution is 9.12. The number of halogens is 1. The standard InChI is InChI=1S/C13H14BrNO/c14-13-11(7-4-8-12(13)16)15-9-10-5-2-1-3-6-10/h1-3,5-6,15H,4,7-9H2. The molecule has 2 nitrogen and oxygen atoms in total. The lowest BCUT2D eigenvalue weighted by molar-refractivity contribution is -0.115. The molecule has 0 amide bonds. The first-order valence-electron chi connectivity index (χ1n) is 5.47. The van der Waals surface area contributed by atoms with Crippen molar-refractivity contribution in [1.82, 2.24) is 5.32 Å². The molecule has 0 heterocycles. The molecule has 1 N–H and O–H groups in total. The van der Waals surface area contributed by atoms with Gasteiger partial charge in [-0.2, -0.15) is 0 Å². The smallest absolute Gasteiger partial charge is 0.171 e. The van der Waals surface area contributed by atoms with E-state index in [0.29, 0.717) is 6.42 Å². The molecule has 16 heavy (non-hydrogen) atoms. The summed E-state index contributed by atoms with van der Waals surface area (Å²) in [6, 6.07) is 10.2. The summed E-state index contributed by atoms with van der Waals surface area (Å²) in [6.45, 7) is 0.776. The van der Waals surface area contributed by atoms with Crippen LogP contribution >= 0.6 is 15.9 Å². The van der Waals surface area contributed by atoms with E-state index in [0.717, 1.165) is 29.6 Å². The zero-order valence-electron chi connectivity index (χ0n) is 9.00. The summed E-state index contributed by atoms with van der Waals surface area (Å²) in [5.41, 5.74) is 2.27. The highest BCUT2D eigenvalue weighted by Crippen LogP contribution is 2.24. The molecule has 0 spiro atoms. The van der Waals surface area contributed by atoms with Gasteiger partial charge in [0, 0.05) is 18.7 Å². The lowest BCUT2D eigenvalue weighted by Crippen LogP contribution is -2.19. The summed E-state index contributed by atoms with van der Waals surface area (Å²) in [4.78, 5) is 11.5. The molecule has 0 bridgehead atoms. The number of benzene rings is 1. The number of rotatable bonds is 3. The minimum absolute atomic E-state index is 0.210. The summed E-state index contributed by atoms with van der Waals surface area (Å²) in [5.74, 6) is 0.210. The number of hydrogen-bond acceptors (Lipinski definition) is 2. The minimum Gasteiger partial charge on any atom is -0.383 e. The minimum atomic E-state index is 0.210. The lowest BCUT2D eigenvalue weighted by Gasteiger charge is -2.17. The largest absolute Gasteiger partial charge is 0.383 e. The maximum atomic E-state index is 11.5. The van der Waals surface area contributed by atoms with Crippen LogP contribution in [0.15, 0.2) is 40.5 Å². The Morgan fingerprint density at radius 1 is 1.19 bits per heavy atom. The number of carbonyl (C=O) groups excluding carboxylic acids is 1. The molecule has 0 aliphatic heterocycles. The van der Waals surface area contributed by atoms with E-state index in [9.17, 15) is 4.79 Å². The van der Waals surface area contributed by atoms with Gasteiger partial charge < -0.3 is 5.32 Å². The zero-order valence-corrected chi connectivity index (χ0v) is 10.6. The molecule has 2 rings (SSSR count). The second-order valence-electron chi connectivity index (χ2n) is 3.91. The van der Waals surface area contributed by atoms with Crippen molar-refractivity contribution in [2.75, 3.05) is 0 Å². The van der Waals surface area contributed by atoms with Gasteiger partial charge in [-0.3, -0.25) is 4.79 Å². The van der Waals surface area contributed by atoms with Gasteiger partial charge in [-0.25, -0.2) is 0 Å². The number of ketones is 1. The van der Waals surface area contributed by atoms with Crippen LogP contribution < -0.4 is 5.32 Å². The molecule has 0 radical (unpaired) electrons. The number of Topliss-reactive ketones (excluding diaryl/α,β-unsaturated/α-hetero) is 1. The van der Waals surface area contributed by atoms with Crippen molar-refractivity contribution in [2.24, 2.45) is 0 Å². The number of nitrogens with one attached hydrogen (secondary N) is 1. The van der Waals surface area contributed by atoms with Crippen molar-refractivity contribution < 1.29 is 4.79 Å². The molecule has 1 aliphatic rings. The molecule has 0 unspecified atom stereocenters. The Bertz CT molecular complexity index is 411. The first-order valence-corrected chi connectivity index (χ1v) is 6.26. The normalized spacial score (nSPS) is 16.4. The van der Waals surface area contributed by atoms with Crippen molar-refractivity contribution in [3.05, 3.63) is 46.1 Å². The van der Waals surface area contributed by atoms with Crippen LogP contribution in [0.3, 0.4) is 0 Å². The van der Waals surface area contributed by atoms with Crippen LogP contribution in [0.4, 0.5) is 0 Å². The Labute approximate surface area is 104 Å². The van der Waals surface area contributed by atoms with Gasteiger partial charge in [0.05, 0.1) is 4.48 Å². The van der Waals surface area contributed by atoms with E-state index in [-0.39, 0.29) is 5.78 Å². The van der Waals surface area contributed by atoms with Gasteiger partial charge in [0.15, 0.2) is 5.78 Å². The Morgan fingerprint density at radius 2 is 1.94 bits per heavy atom. The van der Waals surface area contributed by atoms with Gasteiger partial charge >= 0.3 is 0 Å². The van der Waals surface area contributed by atoms with Gasteiger partial charge in [-0.15, -0.1) is 0 Å². The molecule has 1 aromatic rings. The first kappa shape index (κ1) is 11.4. The van der Waals surface area contributed by atoms with Gasteiger partial charge in [-0.05, 0) is 34.3 Å². The molecule has 0 saturated heterocycles. The molecule has 1 aliphatic carbocycles. The van der Waals surface area contributed by atoms with Crippen LogP contribution in [-0.4, -0.2) is 5.78 Å². The maximum absolute atomic E-state index is 11.5.